The predicted molar refractivity (Wildman–Crippen MR) is 102 cm³/mol. The molecule has 27 heavy (non-hydrogen) atoms. The van der Waals surface area contributed by atoms with Gasteiger partial charge in [-0.15, -0.1) is 0 Å². The zero-order chi connectivity index (χ0) is 19.6. The standard InChI is InChI=1S/C20H22F2N4O/c1-11(2)7-12(23)10-24-19-13-5-3-4-6-17(13)25-20(26-19)14-8-15(21)16(22)9-18(14)27/h3-6,8-9,11-12,27H,7,10,23H2,1-2H3,(H,24,25,26)/t12-/m0/s1. The number of nitrogens with one attached hydrogen (secondary N) is 1. The number of phenols is 1. The summed E-state index contributed by atoms with van der Waals surface area (Å²) in [6, 6.07) is 8.88. The fourth-order valence-corrected chi connectivity index (χ4v) is 2.96. The van der Waals surface area contributed by atoms with Crippen molar-refractivity contribution in [1.29, 1.82) is 0 Å². The Morgan fingerprint density at radius 1 is 1.11 bits per heavy atom. The smallest absolute Gasteiger partial charge is 0.165 e. The van der Waals surface area contributed by atoms with E-state index in [2.05, 4.69) is 29.1 Å². The Labute approximate surface area is 156 Å². The number of para-hydroxylation sites is 1. The molecule has 1 aromatic heterocycles. The Morgan fingerprint density at radius 3 is 2.56 bits per heavy atom. The van der Waals surface area contributed by atoms with E-state index in [0.29, 0.717) is 23.8 Å². The number of benzene rings is 2. The summed E-state index contributed by atoms with van der Waals surface area (Å²) >= 11 is 0. The minimum Gasteiger partial charge on any atom is -0.507 e. The third-order valence-electron chi connectivity index (χ3n) is 4.19. The number of anilines is 1. The van der Waals surface area contributed by atoms with Crippen LogP contribution in [0.5, 0.6) is 5.75 Å². The van der Waals surface area contributed by atoms with Crippen molar-refractivity contribution >= 4 is 16.7 Å². The molecule has 1 heterocycles. The number of halogens is 2. The molecule has 0 aliphatic heterocycles. The summed E-state index contributed by atoms with van der Waals surface area (Å²) in [6.07, 6.45) is 0.854. The van der Waals surface area contributed by atoms with Crippen LogP contribution >= 0.6 is 0 Å². The molecule has 142 valence electrons. The Hall–Kier alpha value is -2.80. The summed E-state index contributed by atoms with van der Waals surface area (Å²) in [5, 5.41) is 14.0. The van der Waals surface area contributed by atoms with Gasteiger partial charge in [-0.05, 0) is 30.5 Å². The van der Waals surface area contributed by atoms with Crippen molar-refractivity contribution in [2.24, 2.45) is 11.7 Å². The molecule has 0 aliphatic carbocycles. The summed E-state index contributed by atoms with van der Waals surface area (Å²) in [6.45, 7) is 4.70. The molecule has 0 fully saturated rings. The maximum absolute atomic E-state index is 13.7. The number of phenolic OH excluding ortho intramolecular Hbond substituents is 1. The summed E-state index contributed by atoms with van der Waals surface area (Å²) in [7, 11) is 0. The van der Waals surface area contributed by atoms with E-state index in [4.69, 9.17) is 5.73 Å². The first-order chi connectivity index (χ1) is 12.8. The molecule has 0 saturated heterocycles. The van der Waals surface area contributed by atoms with Crippen LogP contribution in [-0.2, 0) is 0 Å². The molecule has 1 atom stereocenters. The quantitative estimate of drug-likeness (QED) is 0.608. The number of aromatic hydroxyl groups is 1. The maximum atomic E-state index is 13.7. The lowest BCUT2D eigenvalue weighted by atomic mass is 10.0. The van der Waals surface area contributed by atoms with E-state index in [1.165, 1.54) is 0 Å². The average Bonchev–Trinajstić information content (AvgIpc) is 2.62. The minimum atomic E-state index is -1.13. The van der Waals surface area contributed by atoms with Gasteiger partial charge >= 0.3 is 0 Å². The fraction of sp³-hybridized carbons (Fsp3) is 0.300. The van der Waals surface area contributed by atoms with Crippen molar-refractivity contribution < 1.29 is 13.9 Å². The monoisotopic (exact) mass is 372 g/mol. The molecule has 0 saturated carbocycles. The maximum Gasteiger partial charge on any atom is 0.165 e. The van der Waals surface area contributed by atoms with Crippen LogP contribution in [-0.4, -0.2) is 27.7 Å². The molecule has 2 aromatic carbocycles. The van der Waals surface area contributed by atoms with Gasteiger partial charge in [0.25, 0.3) is 0 Å². The molecule has 7 heteroatoms. The molecule has 0 unspecified atom stereocenters. The number of aromatic nitrogens is 2. The van der Waals surface area contributed by atoms with Gasteiger partial charge in [-0.25, -0.2) is 18.7 Å². The number of nitrogens with two attached hydrogens (primary N) is 1. The van der Waals surface area contributed by atoms with E-state index in [1.54, 1.807) is 6.07 Å². The van der Waals surface area contributed by atoms with Crippen LogP contribution in [0.4, 0.5) is 14.6 Å². The van der Waals surface area contributed by atoms with Gasteiger partial charge in [-0.3, -0.25) is 0 Å². The van der Waals surface area contributed by atoms with E-state index < -0.39 is 17.4 Å². The number of nitrogens with zero attached hydrogens (tertiary/aromatic N) is 2. The second-order valence-electron chi connectivity index (χ2n) is 6.97. The molecule has 0 radical (unpaired) electrons. The Morgan fingerprint density at radius 2 is 1.81 bits per heavy atom. The van der Waals surface area contributed by atoms with Crippen molar-refractivity contribution in [3.63, 3.8) is 0 Å². The zero-order valence-electron chi connectivity index (χ0n) is 15.2. The summed E-state index contributed by atoms with van der Waals surface area (Å²) in [5.74, 6) is -1.53. The van der Waals surface area contributed by atoms with Crippen molar-refractivity contribution in [3.8, 4) is 17.1 Å². The van der Waals surface area contributed by atoms with Gasteiger partial charge in [0.05, 0.1) is 11.1 Å². The van der Waals surface area contributed by atoms with E-state index in [0.717, 1.165) is 23.9 Å². The molecule has 3 aromatic rings. The number of hydrogen-bond acceptors (Lipinski definition) is 5. The third kappa shape index (κ3) is 4.31. The Balaban J connectivity index is 2.02. The number of rotatable bonds is 6. The van der Waals surface area contributed by atoms with E-state index in [9.17, 15) is 13.9 Å². The molecular formula is C20H22F2N4O. The SMILES string of the molecule is CC(C)C[C@H](N)CNc1nc(-c2cc(F)c(F)cc2O)nc2ccccc12. The summed E-state index contributed by atoms with van der Waals surface area (Å²) in [5.41, 5.74) is 6.78. The minimum absolute atomic E-state index is 0.0224. The van der Waals surface area contributed by atoms with Crippen LogP contribution in [0.25, 0.3) is 22.3 Å². The molecule has 5 nitrogen and oxygen atoms in total. The molecular weight excluding hydrogens is 350 g/mol. The van der Waals surface area contributed by atoms with E-state index in [-0.39, 0.29) is 17.4 Å². The van der Waals surface area contributed by atoms with E-state index in [1.807, 2.05) is 18.2 Å². The number of fused-ring (bicyclic) bond motifs is 1. The normalized spacial score (nSPS) is 12.5. The predicted octanol–water partition coefficient (Wildman–Crippen LogP) is 4.07. The Bertz CT molecular complexity index is 962. The van der Waals surface area contributed by atoms with Gasteiger partial charge in [0.2, 0.25) is 0 Å². The van der Waals surface area contributed by atoms with Gasteiger partial charge in [-0.2, -0.15) is 0 Å². The fourth-order valence-electron chi connectivity index (χ4n) is 2.96. The topological polar surface area (TPSA) is 84.1 Å². The molecule has 0 spiro atoms. The summed E-state index contributed by atoms with van der Waals surface area (Å²) < 4.78 is 27.0. The second-order valence-corrected chi connectivity index (χ2v) is 6.97. The first kappa shape index (κ1) is 19.0. The van der Waals surface area contributed by atoms with Crippen LogP contribution in [0.1, 0.15) is 20.3 Å². The lowest BCUT2D eigenvalue weighted by molar-refractivity contribution is 0.456. The molecule has 0 aliphatic rings. The Kier molecular flexibility index (Phi) is 5.51. The van der Waals surface area contributed by atoms with Crippen molar-refractivity contribution in [1.82, 2.24) is 9.97 Å². The first-order valence-electron chi connectivity index (χ1n) is 8.79. The van der Waals surface area contributed by atoms with Gasteiger partial charge in [-0.1, -0.05) is 26.0 Å². The molecule has 4 N–H and O–H groups in total. The van der Waals surface area contributed by atoms with Crippen LogP contribution in [0.2, 0.25) is 0 Å². The zero-order valence-corrected chi connectivity index (χ0v) is 15.2. The molecule has 0 amide bonds. The highest BCUT2D eigenvalue weighted by Gasteiger charge is 2.16. The van der Waals surface area contributed by atoms with Crippen molar-refractivity contribution in [3.05, 3.63) is 48.0 Å². The molecule has 0 bridgehead atoms. The van der Waals surface area contributed by atoms with Gasteiger partial charge in [0.1, 0.15) is 11.6 Å². The van der Waals surface area contributed by atoms with Crippen molar-refractivity contribution in [2.75, 3.05) is 11.9 Å². The lowest BCUT2D eigenvalue weighted by Crippen LogP contribution is -2.30. The second kappa shape index (κ2) is 7.84. The largest absolute Gasteiger partial charge is 0.507 e. The van der Waals surface area contributed by atoms with Gasteiger partial charge in [0.15, 0.2) is 17.5 Å². The average molecular weight is 372 g/mol. The van der Waals surface area contributed by atoms with Crippen LogP contribution < -0.4 is 11.1 Å². The summed E-state index contributed by atoms with van der Waals surface area (Å²) in [4.78, 5) is 8.81. The van der Waals surface area contributed by atoms with Gasteiger partial charge < -0.3 is 16.2 Å². The van der Waals surface area contributed by atoms with Crippen LogP contribution in [0.3, 0.4) is 0 Å². The highest BCUT2D eigenvalue weighted by Crippen LogP contribution is 2.31. The van der Waals surface area contributed by atoms with Crippen LogP contribution in [0, 0.1) is 17.6 Å². The number of hydrogen-bond donors (Lipinski definition) is 3. The van der Waals surface area contributed by atoms with Crippen molar-refractivity contribution in [2.45, 2.75) is 26.3 Å². The highest BCUT2D eigenvalue weighted by molar-refractivity contribution is 5.90. The molecule has 3 rings (SSSR count). The lowest BCUT2D eigenvalue weighted by Gasteiger charge is -2.17. The third-order valence-corrected chi connectivity index (χ3v) is 4.19. The first-order valence-corrected chi connectivity index (χ1v) is 8.79. The highest BCUT2D eigenvalue weighted by atomic mass is 19.2. The van der Waals surface area contributed by atoms with E-state index >= 15 is 0 Å². The van der Waals surface area contributed by atoms with Gasteiger partial charge in [0, 0.05) is 24.0 Å². The van der Waals surface area contributed by atoms with Crippen LogP contribution in [0.15, 0.2) is 36.4 Å².